The van der Waals surface area contributed by atoms with E-state index in [4.69, 9.17) is 0 Å². The summed E-state index contributed by atoms with van der Waals surface area (Å²) < 4.78 is 0. The Morgan fingerprint density at radius 3 is 2.74 bits per heavy atom. The molecule has 4 rings (SSSR count). The van der Waals surface area contributed by atoms with Crippen molar-refractivity contribution in [1.82, 2.24) is 15.1 Å². The number of rotatable bonds is 7. The Hall–Kier alpha value is -3.58. The number of benzene rings is 2. The Balaban J connectivity index is 1.49. The van der Waals surface area contributed by atoms with Gasteiger partial charge in [-0.25, -0.2) is 4.99 Å². The topological polar surface area (TPSA) is 85.7 Å². The summed E-state index contributed by atoms with van der Waals surface area (Å²) in [6.45, 7) is 8.61. The summed E-state index contributed by atoms with van der Waals surface area (Å²) in [7, 11) is 0. The number of amides is 1. The highest BCUT2D eigenvalue weighted by Crippen LogP contribution is 2.23. The van der Waals surface area contributed by atoms with Gasteiger partial charge in [-0.05, 0) is 80.5 Å². The summed E-state index contributed by atoms with van der Waals surface area (Å²) in [5, 5.41) is 10.9. The number of H-pyrrole nitrogens is 1. The summed E-state index contributed by atoms with van der Waals surface area (Å²) >= 11 is 0. The second kappa shape index (κ2) is 9.49. The molecule has 1 amide bonds. The van der Waals surface area contributed by atoms with Crippen molar-refractivity contribution in [2.24, 2.45) is 9.98 Å². The van der Waals surface area contributed by atoms with Crippen LogP contribution in [0.15, 0.2) is 58.6 Å². The first-order chi connectivity index (χ1) is 15.1. The molecule has 31 heavy (non-hydrogen) atoms. The molecule has 1 aliphatic heterocycles. The van der Waals surface area contributed by atoms with E-state index in [0.717, 1.165) is 34.3 Å². The molecular formula is C24H26N6O. The zero-order valence-corrected chi connectivity index (χ0v) is 17.6. The molecule has 1 aliphatic rings. The van der Waals surface area contributed by atoms with E-state index in [1.807, 2.05) is 37.3 Å². The Kier molecular flexibility index (Phi) is 6.33. The van der Waals surface area contributed by atoms with Gasteiger partial charge in [-0.1, -0.05) is 18.2 Å². The van der Waals surface area contributed by atoms with Crippen LogP contribution in [-0.2, 0) is 6.54 Å². The number of aromatic amines is 1. The second-order valence-electron chi connectivity index (χ2n) is 7.73. The molecule has 0 saturated carbocycles. The van der Waals surface area contributed by atoms with Crippen molar-refractivity contribution in [1.29, 1.82) is 0 Å². The number of hydrogen-bond acceptors (Lipinski definition) is 4. The lowest BCUT2D eigenvalue weighted by molar-refractivity contribution is 0.102. The number of aromatic nitrogens is 2. The van der Waals surface area contributed by atoms with Crippen LogP contribution in [0.25, 0.3) is 16.5 Å². The maximum Gasteiger partial charge on any atom is 0.276 e. The van der Waals surface area contributed by atoms with E-state index in [0.29, 0.717) is 5.69 Å². The number of nitrogens with one attached hydrogen (secondary N) is 2. The quantitative estimate of drug-likeness (QED) is 0.441. The SMILES string of the molecule is C=NC=N/C=C(\C)c1ccc2[nH]nc(C(=O)Nc3ccc(CN4CCCC4)cc3)c2c1. The Morgan fingerprint density at radius 2 is 2.00 bits per heavy atom. The standard InChI is InChI=1S/C24H26N6O/c1-17(14-26-16-25-2)19-7-10-22-21(13-19)23(29-28-22)24(31)27-20-8-5-18(6-9-20)15-30-11-3-4-12-30/h5-10,13-14,16H,2-4,11-12,15H2,1H3,(H,27,31)(H,28,29)/b17-14+,26-16?. The maximum absolute atomic E-state index is 12.9. The highest BCUT2D eigenvalue weighted by molar-refractivity contribution is 6.11. The maximum atomic E-state index is 12.9. The molecule has 2 heterocycles. The van der Waals surface area contributed by atoms with Crippen LogP contribution in [-0.4, -0.2) is 47.2 Å². The minimum Gasteiger partial charge on any atom is -0.321 e. The molecule has 2 N–H and O–H groups in total. The zero-order valence-electron chi connectivity index (χ0n) is 17.6. The molecule has 7 heteroatoms. The van der Waals surface area contributed by atoms with Gasteiger partial charge in [0.05, 0.1) is 5.52 Å². The van der Waals surface area contributed by atoms with Crippen molar-refractivity contribution in [3.8, 4) is 0 Å². The molecule has 0 spiro atoms. The fourth-order valence-corrected chi connectivity index (χ4v) is 3.78. The van der Waals surface area contributed by atoms with Crippen LogP contribution in [0.4, 0.5) is 5.69 Å². The third-order valence-electron chi connectivity index (χ3n) is 5.47. The van der Waals surface area contributed by atoms with Gasteiger partial charge in [0.15, 0.2) is 5.69 Å². The predicted octanol–water partition coefficient (Wildman–Crippen LogP) is 4.50. The zero-order chi connectivity index (χ0) is 21.6. The Morgan fingerprint density at radius 1 is 1.23 bits per heavy atom. The molecule has 158 valence electrons. The highest BCUT2D eigenvalue weighted by atomic mass is 16.1. The average molecular weight is 415 g/mol. The molecular weight excluding hydrogens is 388 g/mol. The van der Waals surface area contributed by atoms with E-state index >= 15 is 0 Å². The van der Waals surface area contributed by atoms with Crippen molar-refractivity contribution in [3.63, 3.8) is 0 Å². The molecule has 0 atom stereocenters. The third kappa shape index (κ3) is 4.95. The van der Waals surface area contributed by atoms with Crippen LogP contribution < -0.4 is 5.32 Å². The lowest BCUT2D eigenvalue weighted by atomic mass is 10.0. The molecule has 3 aromatic rings. The molecule has 7 nitrogen and oxygen atoms in total. The Bertz CT molecular complexity index is 1140. The number of hydrogen-bond donors (Lipinski definition) is 2. The number of nitrogens with zero attached hydrogens (tertiary/aromatic N) is 4. The average Bonchev–Trinajstić information content (AvgIpc) is 3.44. The van der Waals surface area contributed by atoms with Crippen LogP contribution in [0.2, 0.25) is 0 Å². The van der Waals surface area contributed by atoms with Gasteiger partial charge >= 0.3 is 0 Å². The number of likely N-dealkylation sites (tertiary alicyclic amines) is 1. The fourth-order valence-electron chi connectivity index (χ4n) is 3.78. The number of carbonyl (C=O) groups is 1. The lowest BCUT2D eigenvalue weighted by Gasteiger charge is -2.14. The molecule has 1 aromatic heterocycles. The van der Waals surface area contributed by atoms with Crippen molar-refractivity contribution < 1.29 is 4.79 Å². The molecule has 0 unspecified atom stereocenters. The first-order valence-electron chi connectivity index (χ1n) is 10.4. The van der Waals surface area contributed by atoms with Gasteiger partial charge in [0, 0.05) is 23.8 Å². The van der Waals surface area contributed by atoms with E-state index < -0.39 is 0 Å². The van der Waals surface area contributed by atoms with Crippen LogP contribution >= 0.6 is 0 Å². The summed E-state index contributed by atoms with van der Waals surface area (Å²) in [4.78, 5) is 23.0. The molecule has 0 aliphatic carbocycles. The minimum absolute atomic E-state index is 0.244. The number of allylic oxidation sites excluding steroid dienone is 1. The van der Waals surface area contributed by atoms with Gasteiger partial charge in [-0.15, -0.1) is 0 Å². The van der Waals surface area contributed by atoms with Crippen molar-refractivity contribution >= 4 is 41.1 Å². The number of fused-ring (bicyclic) bond motifs is 1. The predicted molar refractivity (Wildman–Crippen MR) is 127 cm³/mol. The summed E-state index contributed by atoms with van der Waals surface area (Å²) in [6, 6.07) is 13.8. The molecule has 0 bridgehead atoms. The van der Waals surface area contributed by atoms with E-state index in [2.05, 4.69) is 49.2 Å². The third-order valence-corrected chi connectivity index (χ3v) is 5.47. The molecule has 1 fully saturated rings. The Labute approximate surface area is 181 Å². The molecule has 0 radical (unpaired) electrons. The summed E-state index contributed by atoms with van der Waals surface area (Å²) in [5.41, 5.74) is 5.08. The van der Waals surface area contributed by atoms with Gasteiger partial charge in [-0.3, -0.25) is 19.8 Å². The minimum atomic E-state index is -0.244. The van der Waals surface area contributed by atoms with E-state index in [-0.39, 0.29) is 5.91 Å². The smallest absolute Gasteiger partial charge is 0.276 e. The van der Waals surface area contributed by atoms with Gasteiger partial charge in [-0.2, -0.15) is 5.10 Å². The first kappa shape index (κ1) is 20.7. The van der Waals surface area contributed by atoms with Gasteiger partial charge < -0.3 is 5.32 Å². The summed E-state index contributed by atoms with van der Waals surface area (Å²) in [5.74, 6) is -0.244. The highest BCUT2D eigenvalue weighted by Gasteiger charge is 2.16. The largest absolute Gasteiger partial charge is 0.321 e. The van der Waals surface area contributed by atoms with Gasteiger partial charge in [0.25, 0.3) is 5.91 Å². The summed E-state index contributed by atoms with van der Waals surface area (Å²) in [6.07, 6.45) is 5.65. The number of anilines is 1. The van der Waals surface area contributed by atoms with Crippen LogP contribution in [0.5, 0.6) is 0 Å². The van der Waals surface area contributed by atoms with Crippen LogP contribution in [0.1, 0.15) is 41.4 Å². The van der Waals surface area contributed by atoms with Crippen molar-refractivity contribution in [2.45, 2.75) is 26.3 Å². The number of carbonyl (C=O) groups excluding carboxylic acids is 1. The number of aliphatic imine (C=N–C) groups is 2. The second-order valence-corrected chi connectivity index (χ2v) is 7.73. The van der Waals surface area contributed by atoms with Crippen molar-refractivity contribution in [2.75, 3.05) is 18.4 Å². The van der Waals surface area contributed by atoms with E-state index in [1.165, 1.54) is 37.8 Å². The van der Waals surface area contributed by atoms with Crippen LogP contribution in [0, 0.1) is 0 Å². The normalized spacial score (nSPS) is 15.1. The van der Waals surface area contributed by atoms with Crippen molar-refractivity contribution in [3.05, 3.63) is 65.5 Å². The van der Waals surface area contributed by atoms with Gasteiger partial charge in [0.2, 0.25) is 0 Å². The van der Waals surface area contributed by atoms with E-state index in [9.17, 15) is 4.79 Å². The lowest BCUT2D eigenvalue weighted by Crippen LogP contribution is -2.18. The molecule has 1 saturated heterocycles. The fraction of sp³-hybridized carbons (Fsp3) is 0.250. The van der Waals surface area contributed by atoms with E-state index in [1.54, 1.807) is 6.20 Å². The first-order valence-corrected chi connectivity index (χ1v) is 10.4. The molecule has 2 aromatic carbocycles. The van der Waals surface area contributed by atoms with Crippen LogP contribution in [0.3, 0.4) is 0 Å². The monoisotopic (exact) mass is 414 g/mol. The van der Waals surface area contributed by atoms with Gasteiger partial charge in [0.1, 0.15) is 6.34 Å².